The lowest BCUT2D eigenvalue weighted by Crippen LogP contribution is -2.22. The van der Waals surface area contributed by atoms with Gasteiger partial charge in [0.2, 0.25) is 5.91 Å². The minimum absolute atomic E-state index is 0.0977. The average Bonchev–Trinajstić information content (AvgIpc) is 2.72. The molecule has 0 aliphatic carbocycles. The molecule has 0 aromatic heterocycles. The van der Waals surface area contributed by atoms with Crippen molar-refractivity contribution in [3.05, 3.63) is 76.8 Å². The number of fused-ring (bicyclic) bond motifs is 1. The van der Waals surface area contributed by atoms with Crippen LogP contribution >= 0.6 is 11.6 Å². The fraction of sp³-hybridized carbons (Fsp3) is 0.136. The number of rotatable bonds is 5. The van der Waals surface area contributed by atoms with Gasteiger partial charge in [0.15, 0.2) is 0 Å². The number of hydrogen-bond donors (Lipinski definition) is 2. The van der Waals surface area contributed by atoms with Gasteiger partial charge in [0, 0.05) is 16.3 Å². The summed E-state index contributed by atoms with van der Waals surface area (Å²) in [7, 11) is 0. The van der Waals surface area contributed by atoms with Crippen molar-refractivity contribution in [3.8, 4) is 0 Å². The van der Waals surface area contributed by atoms with Crippen LogP contribution in [0.25, 0.3) is 10.8 Å². The van der Waals surface area contributed by atoms with Crippen LogP contribution in [0.15, 0.2) is 65.8 Å². The molecule has 0 saturated carbocycles. The van der Waals surface area contributed by atoms with Gasteiger partial charge in [-0.15, -0.1) is 0 Å². The van der Waals surface area contributed by atoms with Crippen molar-refractivity contribution in [2.24, 2.45) is 5.10 Å². The molecule has 0 aliphatic rings. The zero-order chi connectivity index (χ0) is 22.6. The van der Waals surface area contributed by atoms with Gasteiger partial charge in [-0.2, -0.15) is 18.3 Å². The Hall–Kier alpha value is -3.39. The summed E-state index contributed by atoms with van der Waals surface area (Å²) in [5.74, 6) is -1.18. The van der Waals surface area contributed by atoms with E-state index in [4.69, 9.17) is 11.6 Å². The Morgan fingerprint density at radius 3 is 2.42 bits per heavy atom. The molecular formula is C22H17ClF3N3O2. The fourth-order valence-corrected chi connectivity index (χ4v) is 3.04. The van der Waals surface area contributed by atoms with E-state index < -0.39 is 29.2 Å². The predicted octanol–water partition coefficient (Wildman–Crippen LogP) is 5.65. The number of nitrogens with zero attached hydrogens (tertiary/aromatic N) is 1. The van der Waals surface area contributed by atoms with E-state index in [1.807, 2.05) is 24.3 Å². The van der Waals surface area contributed by atoms with Crippen molar-refractivity contribution in [3.63, 3.8) is 0 Å². The molecule has 9 heteroatoms. The molecule has 3 aromatic rings. The van der Waals surface area contributed by atoms with E-state index in [0.29, 0.717) is 5.56 Å². The molecule has 0 aliphatic heterocycles. The van der Waals surface area contributed by atoms with Crippen LogP contribution in [0.5, 0.6) is 0 Å². The van der Waals surface area contributed by atoms with E-state index in [-0.39, 0.29) is 17.2 Å². The predicted molar refractivity (Wildman–Crippen MR) is 114 cm³/mol. The number of benzene rings is 3. The molecule has 0 atom stereocenters. The molecular weight excluding hydrogens is 431 g/mol. The maximum atomic E-state index is 13.1. The highest BCUT2D eigenvalue weighted by atomic mass is 35.5. The molecule has 31 heavy (non-hydrogen) atoms. The van der Waals surface area contributed by atoms with Gasteiger partial charge in [0.1, 0.15) is 0 Å². The molecule has 0 radical (unpaired) electrons. The van der Waals surface area contributed by atoms with Gasteiger partial charge in [0.05, 0.1) is 17.7 Å². The van der Waals surface area contributed by atoms with Crippen LogP contribution in [0.4, 0.5) is 18.9 Å². The highest BCUT2D eigenvalue weighted by Gasteiger charge is 2.34. The summed E-state index contributed by atoms with van der Waals surface area (Å²) < 4.78 is 39.4. The van der Waals surface area contributed by atoms with Crippen LogP contribution in [0, 0.1) is 0 Å². The first kappa shape index (κ1) is 22.3. The molecule has 0 fully saturated rings. The van der Waals surface area contributed by atoms with E-state index in [9.17, 15) is 22.8 Å². The number of halogens is 4. The number of hydrazone groups is 1. The number of hydrogen-bond acceptors (Lipinski definition) is 3. The zero-order valence-corrected chi connectivity index (χ0v) is 17.0. The van der Waals surface area contributed by atoms with E-state index in [1.54, 1.807) is 18.2 Å². The fourth-order valence-electron chi connectivity index (χ4n) is 2.87. The van der Waals surface area contributed by atoms with Crippen molar-refractivity contribution in [1.82, 2.24) is 5.43 Å². The van der Waals surface area contributed by atoms with Gasteiger partial charge in [-0.1, -0.05) is 41.9 Å². The molecule has 2 N–H and O–H groups in total. The Morgan fingerprint density at radius 2 is 1.71 bits per heavy atom. The van der Waals surface area contributed by atoms with Gasteiger partial charge >= 0.3 is 6.18 Å². The lowest BCUT2D eigenvalue weighted by molar-refractivity contribution is -0.137. The van der Waals surface area contributed by atoms with E-state index in [0.717, 1.165) is 22.9 Å². The van der Waals surface area contributed by atoms with Gasteiger partial charge in [0.25, 0.3) is 5.91 Å². The third-order valence-corrected chi connectivity index (χ3v) is 4.57. The second-order valence-corrected chi connectivity index (χ2v) is 7.20. The smallest absolute Gasteiger partial charge is 0.325 e. The summed E-state index contributed by atoms with van der Waals surface area (Å²) in [6.07, 6.45) is -4.98. The third kappa shape index (κ3) is 5.82. The van der Waals surface area contributed by atoms with E-state index in [2.05, 4.69) is 15.8 Å². The summed E-state index contributed by atoms with van der Waals surface area (Å²) in [5.41, 5.74) is 1.49. The highest BCUT2D eigenvalue weighted by molar-refractivity contribution is 6.30. The SMILES string of the molecule is C/C(CC(=O)Nc1ccc(Cl)cc1C(F)(F)F)=N\NC(=O)c1ccc2ccccc2c1. The number of carbonyl (C=O) groups is 2. The Kier molecular flexibility index (Phi) is 6.60. The van der Waals surface area contributed by atoms with E-state index >= 15 is 0 Å². The minimum Gasteiger partial charge on any atom is -0.325 e. The number of amides is 2. The Bertz CT molecular complexity index is 1180. The quantitative estimate of drug-likeness (QED) is 0.392. The van der Waals surface area contributed by atoms with Crippen molar-refractivity contribution >= 4 is 45.6 Å². The first-order valence-corrected chi connectivity index (χ1v) is 9.50. The maximum absolute atomic E-state index is 13.1. The van der Waals surface area contributed by atoms with Gasteiger partial charge in [-0.05, 0) is 48.0 Å². The summed E-state index contributed by atoms with van der Waals surface area (Å²) in [6, 6.07) is 15.8. The van der Waals surface area contributed by atoms with Crippen molar-refractivity contribution in [2.75, 3.05) is 5.32 Å². The highest BCUT2D eigenvalue weighted by Crippen LogP contribution is 2.36. The number of nitrogens with one attached hydrogen (secondary N) is 2. The lowest BCUT2D eigenvalue weighted by Gasteiger charge is -2.14. The molecule has 3 aromatic carbocycles. The molecule has 0 spiro atoms. The molecule has 0 heterocycles. The summed E-state index contributed by atoms with van der Waals surface area (Å²) in [5, 5.41) is 7.84. The van der Waals surface area contributed by atoms with E-state index in [1.165, 1.54) is 13.0 Å². The number of alkyl halides is 3. The molecule has 0 saturated heterocycles. The standard InChI is InChI=1S/C22H17ClF3N3O2/c1-13(10-20(30)27-19-9-8-17(23)12-18(19)22(24,25)26)28-29-21(31)16-7-6-14-4-2-3-5-15(14)11-16/h2-9,11-12H,10H2,1H3,(H,27,30)(H,29,31)/b28-13+. The zero-order valence-electron chi connectivity index (χ0n) is 16.3. The molecule has 2 amide bonds. The molecule has 0 unspecified atom stereocenters. The Morgan fingerprint density at radius 1 is 1.00 bits per heavy atom. The summed E-state index contributed by atoms with van der Waals surface area (Å²) >= 11 is 5.63. The van der Waals surface area contributed by atoms with Gasteiger partial charge in [-0.3, -0.25) is 9.59 Å². The van der Waals surface area contributed by atoms with Gasteiger partial charge < -0.3 is 5.32 Å². The second kappa shape index (κ2) is 9.18. The summed E-state index contributed by atoms with van der Waals surface area (Å²) in [4.78, 5) is 24.4. The van der Waals surface area contributed by atoms with Crippen LogP contribution in [0.3, 0.4) is 0 Å². The number of anilines is 1. The number of carbonyl (C=O) groups excluding carboxylic acids is 2. The third-order valence-electron chi connectivity index (χ3n) is 4.34. The van der Waals surface area contributed by atoms with Crippen molar-refractivity contribution in [1.29, 1.82) is 0 Å². The van der Waals surface area contributed by atoms with Crippen molar-refractivity contribution in [2.45, 2.75) is 19.5 Å². The normalized spacial score (nSPS) is 12.0. The van der Waals surface area contributed by atoms with Crippen LogP contribution < -0.4 is 10.7 Å². The van der Waals surface area contributed by atoms with Crippen LogP contribution in [-0.4, -0.2) is 17.5 Å². The molecule has 3 rings (SSSR count). The van der Waals surface area contributed by atoms with Crippen LogP contribution in [0.2, 0.25) is 5.02 Å². The van der Waals surface area contributed by atoms with Crippen LogP contribution in [0.1, 0.15) is 29.3 Å². The minimum atomic E-state index is -4.68. The Balaban J connectivity index is 1.64. The summed E-state index contributed by atoms with van der Waals surface area (Å²) in [6.45, 7) is 1.48. The Labute approximate surface area is 180 Å². The largest absolute Gasteiger partial charge is 0.418 e. The topological polar surface area (TPSA) is 70.6 Å². The average molecular weight is 448 g/mol. The maximum Gasteiger partial charge on any atom is 0.418 e. The lowest BCUT2D eigenvalue weighted by atomic mass is 10.1. The van der Waals surface area contributed by atoms with Gasteiger partial charge in [-0.25, -0.2) is 5.43 Å². The molecule has 5 nitrogen and oxygen atoms in total. The second-order valence-electron chi connectivity index (χ2n) is 6.76. The first-order valence-electron chi connectivity index (χ1n) is 9.12. The molecule has 0 bridgehead atoms. The van der Waals surface area contributed by atoms with Crippen molar-refractivity contribution < 1.29 is 22.8 Å². The monoisotopic (exact) mass is 447 g/mol. The first-order chi connectivity index (χ1) is 14.6. The van der Waals surface area contributed by atoms with Crippen LogP contribution in [-0.2, 0) is 11.0 Å². The molecule has 160 valence electrons.